The van der Waals surface area contributed by atoms with Crippen LogP contribution >= 0.6 is 0 Å². The van der Waals surface area contributed by atoms with E-state index in [1.54, 1.807) is 0 Å². The molecule has 3 fully saturated rings. The maximum atomic E-state index is 6.29. The monoisotopic (exact) mass is 279 g/mol. The predicted molar refractivity (Wildman–Crippen MR) is 83.9 cm³/mol. The summed E-state index contributed by atoms with van der Waals surface area (Å²) in [6, 6.07) is 0.748. The molecule has 2 aliphatic carbocycles. The molecule has 3 aliphatic rings. The van der Waals surface area contributed by atoms with Crippen molar-refractivity contribution < 1.29 is 4.74 Å². The summed E-state index contributed by atoms with van der Waals surface area (Å²) < 4.78 is 6.29. The lowest BCUT2D eigenvalue weighted by Crippen LogP contribution is -2.49. The van der Waals surface area contributed by atoms with Crippen molar-refractivity contribution >= 4 is 0 Å². The molecule has 1 aliphatic heterocycles. The van der Waals surface area contributed by atoms with E-state index in [0.29, 0.717) is 0 Å². The van der Waals surface area contributed by atoms with Gasteiger partial charge < -0.3 is 10.1 Å². The molecule has 0 radical (unpaired) electrons. The third-order valence-electron chi connectivity index (χ3n) is 6.29. The minimum Gasteiger partial charge on any atom is -0.375 e. The summed E-state index contributed by atoms with van der Waals surface area (Å²) in [5, 5.41) is 3.71. The highest BCUT2D eigenvalue weighted by Gasteiger charge is 2.42. The molecule has 3 rings (SSSR count). The highest BCUT2D eigenvalue weighted by molar-refractivity contribution is 4.95. The Morgan fingerprint density at radius 2 is 1.60 bits per heavy atom. The quantitative estimate of drug-likeness (QED) is 0.832. The van der Waals surface area contributed by atoms with E-state index in [0.717, 1.165) is 24.5 Å². The van der Waals surface area contributed by atoms with Gasteiger partial charge in [0.2, 0.25) is 0 Å². The summed E-state index contributed by atoms with van der Waals surface area (Å²) in [5.74, 6) is 1.78. The Hall–Kier alpha value is -0.0800. The van der Waals surface area contributed by atoms with Gasteiger partial charge in [0.05, 0.1) is 5.60 Å². The van der Waals surface area contributed by atoms with E-state index in [1.165, 1.54) is 77.0 Å². The molecule has 1 spiro atoms. The largest absolute Gasteiger partial charge is 0.375 e. The normalized spacial score (nSPS) is 33.1. The van der Waals surface area contributed by atoms with Gasteiger partial charge in [0, 0.05) is 12.6 Å². The first-order valence-corrected chi connectivity index (χ1v) is 9.14. The predicted octanol–water partition coefficient (Wildman–Crippen LogP) is 4.28. The lowest BCUT2D eigenvalue weighted by atomic mass is 9.70. The molecule has 0 aromatic carbocycles. The first kappa shape index (κ1) is 14.8. The Morgan fingerprint density at radius 1 is 0.900 bits per heavy atom. The first-order chi connectivity index (χ1) is 9.83. The molecule has 20 heavy (non-hydrogen) atoms. The molecular weight excluding hydrogens is 246 g/mol. The number of ether oxygens (including phenoxy) is 1. The van der Waals surface area contributed by atoms with Crippen molar-refractivity contribution in [2.75, 3.05) is 13.7 Å². The fourth-order valence-corrected chi connectivity index (χ4v) is 5.27. The summed E-state index contributed by atoms with van der Waals surface area (Å²) in [5.41, 5.74) is 0.269. The molecule has 0 bridgehead atoms. The molecule has 2 nitrogen and oxygen atoms in total. The SMILES string of the molecule is CNC(C1CCCCC1)C1CCOC2(CCCCC2)C1. The molecule has 1 saturated heterocycles. The van der Waals surface area contributed by atoms with Crippen LogP contribution in [0.5, 0.6) is 0 Å². The maximum absolute atomic E-state index is 6.29. The Kier molecular flexibility index (Phi) is 5.04. The van der Waals surface area contributed by atoms with Gasteiger partial charge in [-0.15, -0.1) is 0 Å². The van der Waals surface area contributed by atoms with Gasteiger partial charge in [-0.1, -0.05) is 38.5 Å². The van der Waals surface area contributed by atoms with Crippen LogP contribution in [0.1, 0.15) is 77.0 Å². The smallest absolute Gasteiger partial charge is 0.0685 e. The van der Waals surface area contributed by atoms with Crippen molar-refractivity contribution in [1.29, 1.82) is 0 Å². The van der Waals surface area contributed by atoms with E-state index in [1.807, 2.05) is 0 Å². The van der Waals surface area contributed by atoms with Gasteiger partial charge in [0.15, 0.2) is 0 Å². The highest BCUT2D eigenvalue weighted by Crippen LogP contribution is 2.43. The molecule has 1 N–H and O–H groups in total. The first-order valence-electron chi connectivity index (χ1n) is 9.14. The molecule has 116 valence electrons. The minimum atomic E-state index is 0.269. The fraction of sp³-hybridized carbons (Fsp3) is 1.00. The minimum absolute atomic E-state index is 0.269. The van der Waals surface area contributed by atoms with E-state index in [9.17, 15) is 0 Å². The Morgan fingerprint density at radius 3 is 2.30 bits per heavy atom. The van der Waals surface area contributed by atoms with Gasteiger partial charge in [0.25, 0.3) is 0 Å². The van der Waals surface area contributed by atoms with Gasteiger partial charge in [-0.25, -0.2) is 0 Å². The van der Waals surface area contributed by atoms with Crippen LogP contribution in [0.15, 0.2) is 0 Å². The molecule has 1 heterocycles. The van der Waals surface area contributed by atoms with Crippen molar-refractivity contribution in [2.24, 2.45) is 11.8 Å². The zero-order valence-corrected chi connectivity index (χ0v) is 13.3. The Balaban J connectivity index is 1.64. The number of rotatable bonds is 3. The van der Waals surface area contributed by atoms with Crippen LogP contribution < -0.4 is 5.32 Å². The zero-order chi connectivity index (χ0) is 13.8. The summed E-state index contributed by atoms with van der Waals surface area (Å²) in [4.78, 5) is 0. The summed E-state index contributed by atoms with van der Waals surface area (Å²) in [6.07, 6.45) is 16.7. The lowest BCUT2D eigenvalue weighted by molar-refractivity contribution is -0.124. The van der Waals surface area contributed by atoms with Gasteiger partial charge in [0.1, 0.15) is 0 Å². The molecular formula is C18H33NO. The standard InChI is InChI=1S/C18H33NO/c1-19-17(15-8-4-2-5-9-15)16-10-13-20-18(14-16)11-6-3-7-12-18/h15-17,19H,2-14H2,1H3. The average molecular weight is 279 g/mol. The number of hydrogen-bond acceptors (Lipinski definition) is 2. The van der Waals surface area contributed by atoms with E-state index < -0.39 is 0 Å². The van der Waals surface area contributed by atoms with Gasteiger partial charge >= 0.3 is 0 Å². The summed E-state index contributed by atoms with van der Waals surface area (Å²) in [7, 11) is 2.20. The Labute approximate surface area is 125 Å². The van der Waals surface area contributed by atoms with E-state index in [2.05, 4.69) is 12.4 Å². The van der Waals surface area contributed by atoms with Crippen LogP contribution in [0.2, 0.25) is 0 Å². The maximum Gasteiger partial charge on any atom is 0.0685 e. The van der Waals surface area contributed by atoms with Crippen LogP contribution in [0.3, 0.4) is 0 Å². The topological polar surface area (TPSA) is 21.3 Å². The highest BCUT2D eigenvalue weighted by atomic mass is 16.5. The zero-order valence-electron chi connectivity index (χ0n) is 13.3. The second-order valence-electron chi connectivity index (χ2n) is 7.56. The fourth-order valence-electron chi connectivity index (χ4n) is 5.27. The van der Waals surface area contributed by atoms with Crippen molar-refractivity contribution in [3.63, 3.8) is 0 Å². The third-order valence-corrected chi connectivity index (χ3v) is 6.29. The van der Waals surface area contributed by atoms with Gasteiger partial charge in [-0.2, -0.15) is 0 Å². The molecule has 2 saturated carbocycles. The summed E-state index contributed by atoms with van der Waals surface area (Å²) >= 11 is 0. The van der Waals surface area contributed by atoms with Gasteiger partial charge in [-0.05, 0) is 57.4 Å². The van der Waals surface area contributed by atoms with Crippen LogP contribution in [0, 0.1) is 11.8 Å². The van der Waals surface area contributed by atoms with Crippen LogP contribution in [-0.2, 0) is 4.74 Å². The van der Waals surface area contributed by atoms with E-state index in [4.69, 9.17) is 4.74 Å². The van der Waals surface area contributed by atoms with Crippen LogP contribution in [0.4, 0.5) is 0 Å². The molecule has 2 heteroatoms. The molecule has 2 atom stereocenters. The molecule has 2 unspecified atom stereocenters. The van der Waals surface area contributed by atoms with Crippen molar-refractivity contribution in [1.82, 2.24) is 5.32 Å². The van der Waals surface area contributed by atoms with E-state index in [-0.39, 0.29) is 5.60 Å². The third kappa shape index (κ3) is 3.22. The van der Waals surface area contributed by atoms with Crippen LogP contribution in [0.25, 0.3) is 0 Å². The second-order valence-corrected chi connectivity index (χ2v) is 7.56. The summed E-state index contributed by atoms with van der Waals surface area (Å²) in [6.45, 7) is 1.01. The van der Waals surface area contributed by atoms with Crippen LogP contribution in [-0.4, -0.2) is 25.3 Å². The number of hydrogen-bond donors (Lipinski definition) is 1. The molecule has 0 aromatic rings. The molecule has 0 aromatic heterocycles. The number of nitrogens with one attached hydrogen (secondary N) is 1. The van der Waals surface area contributed by atoms with Gasteiger partial charge in [-0.3, -0.25) is 0 Å². The lowest BCUT2D eigenvalue weighted by Gasteiger charge is -2.47. The second kappa shape index (κ2) is 6.79. The molecule has 0 amide bonds. The van der Waals surface area contributed by atoms with E-state index >= 15 is 0 Å². The Bertz CT molecular complexity index is 286. The van der Waals surface area contributed by atoms with Crippen molar-refractivity contribution in [3.8, 4) is 0 Å². The average Bonchev–Trinajstić information content (AvgIpc) is 2.50. The van der Waals surface area contributed by atoms with Crippen molar-refractivity contribution in [2.45, 2.75) is 88.7 Å². The van der Waals surface area contributed by atoms with Crippen molar-refractivity contribution in [3.05, 3.63) is 0 Å².